The molecule has 0 radical (unpaired) electrons. The molecule has 0 bridgehead atoms. The van der Waals surface area contributed by atoms with Crippen LogP contribution in [0, 0.1) is 5.82 Å². The fourth-order valence-electron chi connectivity index (χ4n) is 4.13. The average molecular weight is 574 g/mol. The second-order valence-corrected chi connectivity index (χ2v) is 9.40. The first-order valence-corrected chi connectivity index (χ1v) is 12.5. The van der Waals surface area contributed by atoms with Gasteiger partial charge in [0.15, 0.2) is 6.17 Å². The SMILES string of the molecule is O=C(O)CC(NC(=O)C1N(C(=O)Oc2ccccc2)CCN1C(=O)c1ccc(Cl)c(Cl)c1)c1ccc(F)cc1. The standard InChI is InChI=1S/C27H22Cl2FN3O6/c28-20-11-8-17(14-21(20)29)26(37)32-12-13-33(27(38)39-19-4-2-1-3-5-19)25(32)24(36)31-22(15-23(34)35)16-6-9-18(30)10-7-16/h1-11,14,22,25H,12-13,15H2,(H,31,36)(H,34,35). The molecule has 0 spiro atoms. The van der Waals surface area contributed by atoms with E-state index in [0.717, 1.165) is 21.9 Å². The van der Waals surface area contributed by atoms with Gasteiger partial charge >= 0.3 is 12.1 Å². The maximum absolute atomic E-state index is 13.6. The minimum Gasteiger partial charge on any atom is -0.481 e. The molecule has 1 fully saturated rings. The normalized spacial score (nSPS) is 15.5. The minimum absolute atomic E-state index is 0.0266. The molecule has 0 saturated carbocycles. The lowest BCUT2D eigenvalue weighted by molar-refractivity contribution is -0.138. The van der Waals surface area contributed by atoms with E-state index in [9.17, 15) is 28.7 Å². The molecule has 1 saturated heterocycles. The van der Waals surface area contributed by atoms with Crippen LogP contribution in [0.25, 0.3) is 0 Å². The Bertz CT molecular complexity index is 1390. The number of nitrogens with one attached hydrogen (secondary N) is 1. The largest absolute Gasteiger partial charge is 0.481 e. The molecule has 1 heterocycles. The van der Waals surface area contributed by atoms with Gasteiger partial charge in [-0.3, -0.25) is 19.3 Å². The third-order valence-electron chi connectivity index (χ3n) is 5.98. The van der Waals surface area contributed by atoms with Crippen LogP contribution in [0.4, 0.5) is 9.18 Å². The van der Waals surface area contributed by atoms with Crippen molar-refractivity contribution in [3.8, 4) is 5.75 Å². The van der Waals surface area contributed by atoms with Crippen LogP contribution in [0.15, 0.2) is 72.8 Å². The fourth-order valence-corrected chi connectivity index (χ4v) is 4.42. The Balaban J connectivity index is 1.65. The van der Waals surface area contributed by atoms with Gasteiger partial charge in [-0.15, -0.1) is 0 Å². The van der Waals surface area contributed by atoms with Crippen molar-refractivity contribution >= 4 is 47.1 Å². The molecule has 9 nitrogen and oxygen atoms in total. The Morgan fingerprint density at radius 1 is 0.949 bits per heavy atom. The van der Waals surface area contributed by atoms with Gasteiger partial charge in [-0.1, -0.05) is 53.5 Å². The maximum Gasteiger partial charge on any atom is 0.417 e. The summed E-state index contributed by atoms with van der Waals surface area (Å²) in [5.74, 6) is -2.98. The zero-order valence-electron chi connectivity index (χ0n) is 20.2. The van der Waals surface area contributed by atoms with E-state index in [1.54, 1.807) is 30.3 Å². The summed E-state index contributed by atoms with van der Waals surface area (Å²) in [6, 6.07) is 16.3. The highest BCUT2D eigenvalue weighted by molar-refractivity contribution is 6.42. The van der Waals surface area contributed by atoms with Gasteiger partial charge in [0.25, 0.3) is 11.8 Å². The van der Waals surface area contributed by atoms with Crippen molar-refractivity contribution in [3.05, 3.63) is 99.8 Å². The van der Waals surface area contributed by atoms with Gasteiger partial charge < -0.3 is 20.1 Å². The number of amides is 3. The van der Waals surface area contributed by atoms with E-state index >= 15 is 0 Å². The predicted molar refractivity (Wildman–Crippen MR) is 140 cm³/mol. The zero-order valence-corrected chi connectivity index (χ0v) is 21.7. The van der Waals surface area contributed by atoms with Gasteiger partial charge in [0.2, 0.25) is 0 Å². The van der Waals surface area contributed by atoms with E-state index in [-0.39, 0.29) is 34.4 Å². The van der Waals surface area contributed by atoms with Gasteiger partial charge in [0, 0.05) is 18.7 Å². The minimum atomic E-state index is -1.49. The Morgan fingerprint density at radius 3 is 2.26 bits per heavy atom. The Morgan fingerprint density at radius 2 is 1.62 bits per heavy atom. The summed E-state index contributed by atoms with van der Waals surface area (Å²) in [4.78, 5) is 54.0. The monoisotopic (exact) mass is 573 g/mol. The lowest BCUT2D eigenvalue weighted by Crippen LogP contribution is -2.55. The first-order chi connectivity index (χ1) is 18.6. The van der Waals surface area contributed by atoms with Crippen molar-refractivity contribution in [2.24, 2.45) is 0 Å². The molecule has 2 unspecified atom stereocenters. The summed E-state index contributed by atoms with van der Waals surface area (Å²) in [5, 5.41) is 12.4. The molecule has 1 aliphatic rings. The van der Waals surface area contributed by atoms with Gasteiger partial charge in [-0.2, -0.15) is 0 Å². The number of carboxylic acid groups (broad SMARTS) is 1. The first-order valence-electron chi connectivity index (χ1n) is 11.7. The van der Waals surface area contributed by atoms with Crippen LogP contribution >= 0.6 is 23.2 Å². The smallest absolute Gasteiger partial charge is 0.417 e. The summed E-state index contributed by atoms with van der Waals surface area (Å²) in [7, 11) is 0. The Hall–Kier alpha value is -4.15. The lowest BCUT2D eigenvalue weighted by Gasteiger charge is -2.30. The highest BCUT2D eigenvalue weighted by Gasteiger charge is 2.44. The highest BCUT2D eigenvalue weighted by Crippen LogP contribution is 2.27. The topological polar surface area (TPSA) is 116 Å². The predicted octanol–water partition coefficient (Wildman–Crippen LogP) is 4.75. The second-order valence-electron chi connectivity index (χ2n) is 8.59. The molecule has 12 heteroatoms. The number of hydrogen-bond donors (Lipinski definition) is 2. The van der Waals surface area contributed by atoms with Crippen molar-refractivity contribution in [1.29, 1.82) is 0 Å². The van der Waals surface area contributed by atoms with E-state index in [2.05, 4.69) is 5.32 Å². The molecule has 0 aliphatic carbocycles. The van der Waals surface area contributed by atoms with E-state index in [1.165, 1.54) is 30.3 Å². The van der Waals surface area contributed by atoms with Crippen LogP contribution in [0.5, 0.6) is 5.75 Å². The number of aliphatic carboxylic acids is 1. The van der Waals surface area contributed by atoms with Crippen LogP contribution < -0.4 is 10.1 Å². The molecular formula is C27H22Cl2FN3O6. The molecule has 3 aromatic carbocycles. The van der Waals surface area contributed by atoms with E-state index in [4.69, 9.17) is 27.9 Å². The van der Waals surface area contributed by atoms with Crippen LogP contribution in [0.2, 0.25) is 10.0 Å². The van der Waals surface area contributed by atoms with Crippen LogP contribution in [-0.4, -0.2) is 58.0 Å². The van der Waals surface area contributed by atoms with Gasteiger partial charge in [-0.05, 0) is 48.0 Å². The van der Waals surface area contributed by atoms with Crippen molar-refractivity contribution < 1.29 is 33.4 Å². The number of benzene rings is 3. The number of rotatable bonds is 7. The quantitative estimate of drug-likeness (QED) is 0.421. The lowest BCUT2D eigenvalue weighted by atomic mass is 10.0. The highest BCUT2D eigenvalue weighted by atomic mass is 35.5. The molecule has 202 valence electrons. The number of carbonyl (C=O) groups excluding carboxylic acids is 3. The van der Waals surface area contributed by atoms with Gasteiger partial charge in [-0.25, -0.2) is 9.18 Å². The molecule has 1 aliphatic heterocycles. The summed E-state index contributed by atoms with van der Waals surface area (Å²) in [6.45, 7) is -0.0713. The zero-order chi connectivity index (χ0) is 28.1. The summed E-state index contributed by atoms with van der Waals surface area (Å²) < 4.78 is 18.9. The van der Waals surface area contributed by atoms with Crippen LogP contribution in [-0.2, 0) is 9.59 Å². The Labute approximate surface area is 232 Å². The third-order valence-corrected chi connectivity index (χ3v) is 6.72. The van der Waals surface area contributed by atoms with E-state index in [0.29, 0.717) is 5.56 Å². The van der Waals surface area contributed by atoms with Crippen molar-refractivity contribution in [3.63, 3.8) is 0 Å². The Kier molecular flexibility index (Phi) is 8.68. The number of carboxylic acids is 1. The number of para-hydroxylation sites is 1. The third kappa shape index (κ3) is 6.65. The molecular weight excluding hydrogens is 552 g/mol. The fraction of sp³-hybridized carbons (Fsp3) is 0.185. The van der Waals surface area contributed by atoms with Crippen LogP contribution in [0.3, 0.4) is 0 Å². The molecule has 3 aromatic rings. The number of hydrogen-bond acceptors (Lipinski definition) is 5. The second kappa shape index (κ2) is 12.1. The van der Waals surface area contributed by atoms with E-state index < -0.39 is 48.3 Å². The molecule has 0 aromatic heterocycles. The van der Waals surface area contributed by atoms with Crippen molar-refractivity contribution in [2.45, 2.75) is 18.6 Å². The number of nitrogens with zero attached hydrogens (tertiary/aromatic N) is 2. The summed E-state index contributed by atoms with van der Waals surface area (Å²) in [5.41, 5.74) is 0.451. The van der Waals surface area contributed by atoms with Gasteiger partial charge in [0.1, 0.15) is 11.6 Å². The number of halogens is 3. The molecule has 2 N–H and O–H groups in total. The molecule has 3 amide bonds. The molecule has 4 rings (SSSR count). The van der Waals surface area contributed by atoms with Crippen LogP contribution in [0.1, 0.15) is 28.4 Å². The van der Waals surface area contributed by atoms with Crippen molar-refractivity contribution in [2.75, 3.05) is 13.1 Å². The average Bonchev–Trinajstić information content (AvgIpc) is 3.36. The maximum atomic E-state index is 13.6. The van der Waals surface area contributed by atoms with Gasteiger partial charge in [0.05, 0.1) is 22.5 Å². The van der Waals surface area contributed by atoms with E-state index in [1.807, 2.05) is 0 Å². The first kappa shape index (κ1) is 27.9. The molecule has 2 atom stereocenters. The summed E-state index contributed by atoms with van der Waals surface area (Å²) in [6.07, 6.45) is -2.90. The van der Waals surface area contributed by atoms with Crippen molar-refractivity contribution in [1.82, 2.24) is 15.1 Å². The summed E-state index contributed by atoms with van der Waals surface area (Å²) >= 11 is 12.1. The molecule has 39 heavy (non-hydrogen) atoms. The number of carbonyl (C=O) groups is 4. The number of ether oxygens (including phenoxy) is 1.